The van der Waals surface area contributed by atoms with Crippen LogP contribution in [-0.4, -0.2) is 28.7 Å². The topological polar surface area (TPSA) is 38.1 Å². The third-order valence-corrected chi connectivity index (χ3v) is 6.64. The number of carbonyl (C=O) groups is 1. The van der Waals surface area contributed by atoms with E-state index >= 15 is 0 Å². The number of benzene rings is 2. The third-order valence-electron chi connectivity index (χ3n) is 6.64. The molecule has 4 heteroatoms. The molecule has 0 bridgehead atoms. The van der Waals surface area contributed by atoms with Gasteiger partial charge in [-0.25, -0.2) is 0 Å². The standard InChI is InChI=1S/C28H35N3O/c1-20(2)26-17-29-31(19-26)18-22-13-15-30(16-14-22)27-11-9-24(10-12-27)23-5-7-25(8-6-23)28(32)21(3)4/h5-12,17,19-22H,13-16,18H2,1-4H3. The number of anilines is 1. The van der Waals surface area contributed by atoms with E-state index in [-0.39, 0.29) is 11.7 Å². The molecule has 1 aliphatic rings. The molecule has 1 saturated heterocycles. The van der Waals surface area contributed by atoms with E-state index in [4.69, 9.17) is 0 Å². The molecule has 0 radical (unpaired) electrons. The van der Waals surface area contributed by atoms with Crippen LogP contribution in [0, 0.1) is 11.8 Å². The van der Waals surface area contributed by atoms with E-state index in [0.29, 0.717) is 11.8 Å². The van der Waals surface area contributed by atoms with E-state index in [0.717, 1.165) is 30.8 Å². The lowest BCUT2D eigenvalue weighted by Gasteiger charge is -2.33. The van der Waals surface area contributed by atoms with Crippen molar-refractivity contribution in [2.75, 3.05) is 18.0 Å². The second kappa shape index (κ2) is 9.72. The Morgan fingerprint density at radius 2 is 1.53 bits per heavy atom. The molecule has 3 aromatic rings. The highest BCUT2D eigenvalue weighted by Gasteiger charge is 2.20. The van der Waals surface area contributed by atoms with Crippen LogP contribution in [0.4, 0.5) is 5.69 Å². The average molecular weight is 430 g/mol. The van der Waals surface area contributed by atoms with Gasteiger partial charge < -0.3 is 4.90 Å². The maximum Gasteiger partial charge on any atom is 0.165 e. The molecule has 0 atom stereocenters. The first-order valence-electron chi connectivity index (χ1n) is 11.9. The van der Waals surface area contributed by atoms with Gasteiger partial charge >= 0.3 is 0 Å². The fraction of sp³-hybridized carbons (Fsp3) is 0.429. The summed E-state index contributed by atoms with van der Waals surface area (Å²) in [5.74, 6) is 1.45. The van der Waals surface area contributed by atoms with Crippen molar-refractivity contribution in [1.82, 2.24) is 9.78 Å². The summed E-state index contributed by atoms with van der Waals surface area (Å²) < 4.78 is 2.13. The van der Waals surface area contributed by atoms with E-state index < -0.39 is 0 Å². The quantitative estimate of drug-likeness (QED) is 0.406. The van der Waals surface area contributed by atoms with Gasteiger partial charge in [-0.3, -0.25) is 9.48 Å². The van der Waals surface area contributed by atoms with E-state index in [1.54, 1.807) is 0 Å². The number of piperidine rings is 1. The molecule has 1 aliphatic heterocycles. The Morgan fingerprint density at radius 1 is 0.938 bits per heavy atom. The monoisotopic (exact) mass is 429 g/mol. The van der Waals surface area contributed by atoms with Gasteiger partial charge in [0.05, 0.1) is 6.20 Å². The van der Waals surface area contributed by atoms with Crippen molar-refractivity contribution >= 4 is 11.5 Å². The van der Waals surface area contributed by atoms with Crippen LogP contribution in [0.25, 0.3) is 11.1 Å². The van der Waals surface area contributed by atoms with Crippen LogP contribution < -0.4 is 4.90 Å². The van der Waals surface area contributed by atoms with Crippen molar-refractivity contribution in [1.29, 1.82) is 0 Å². The number of hydrogen-bond acceptors (Lipinski definition) is 3. The first-order valence-corrected chi connectivity index (χ1v) is 11.9. The number of hydrogen-bond donors (Lipinski definition) is 0. The molecule has 1 fully saturated rings. The van der Waals surface area contributed by atoms with Crippen molar-refractivity contribution in [2.45, 2.75) is 53.0 Å². The minimum absolute atomic E-state index is 0.0290. The molecular formula is C28H35N3O. The summed E-state index contributed by atoms with van der Waals surface area (Å²) in [6.07, 6.45) is 6.62. The van der Waals surface area contributed by atoms with Gasteiger partial charge in [0.1, 0.15) is 0 Å². The highest BCUT2D eigenvalue weighted by Crippen LogP contribution is 2.28. The number of Topliss-reactive ketones (excluding diaryl/α,β-unsaturated/α-hetero) is 1. The second-order valence-corrected chi connectivity index (χ2v) is 9.72. The highest BCUT2D eigenvalue weighted by atomic mass is 16.1. The fourth-order valence-electron chi connectivity index (χ4n) is 4.44. The van der Waals surface area contributed by atoms with E-state index in [1.807, 2.05) is 32.2 Å². The van der Waals surface area contributed by atoms with Gasteiger partial charge in [0.2, 0.25) is 0 Å². The van der Waals surface area contributed by atoms with Crippen LogP contribution in [0.2, 0.25) is 0 Å². The Morgan fingerprint density at radius 3 is 2.06 bits per heavy atom. The molecule has 1 aromatic heterocycles. The van der Waals surface area contributed by atoms with E-state index in [2.05, 4.69) is 71.1 Å². The summed E-state index contributed by atoms with van der Waals surface area (Å²) in [4.78, 5) is 14.6. The Balaban J connectivity index is 1.33. The lowest BCUT2D eigenvalue weighted by Crippen LogP contribution is -2.35. The fourth-order valence-corrected chi connectivity index (χ4v) is 4.44. The minimum atomic E-state index is 0.0290. The molecule has 4 rings (SSSR count). The van der Waals surface area contributed by atoms with Gasteiger partial charge in [-0.05, 0) is 53.5 Å². The Labute approximate surface area is 192 Å². The first kappa shape index (κ1) is 22.3. The maximum atomic E-state index is 12.2. The van der Waals surface area contributed by atoms with Gasteiger partial charge in [-0.2, -0.15) is 5.10 Å². The predicted octanol–water partition coefficient (Wildman–Crippen LogP) is 6.43. The average Bonchev–Trinajstić information content (AvgIpc) is 3.28. The summed E-state index contributed by atoms with van der Waals surface area (Å²) in [5.41, 5.74) is 5.74. The molecule has 32 heavy (non-hydrogen) atoms. The van der Waals surface area contributed by atoms with Crippen LogP contribution in [0.1, 0.15) is 62.4 Å². The molecule has 0 N–H and O–H groups in total. The van der Waals surface area contributed by atoms with Crippen molar-refractivity contribution in [3.8, 4) is 11.1 Å². The molecule has 0 unspecified atom stereocenters. The SMILES string of the molecule is CC(C)C(=O)c1ccc(-c2ccc(N3CCC(Cn4cc(C(C)C)cn4)CC3)cc2)cc1. The lowest BCUT2D eigenvalue weighted by molar-refractivity contribution is 0.0939. The molecule has 2 heterocycles. The normalized spacial score (nSPS) is 15.0. The molecule has 4 nitrogen and oxygen atoms in total. The minimum Gasteiger partial charge on any atom is -0.372 e. The van der Waals surface area contributed by atoms with Gasteiger partial charge in [-0.15, -0.1) is 0 Å². The summed E-state index contributed by atoms with van der Waals surface area (Å²) in [6.45, 7) is 11.5. The maximum absolute atomic E-state index is 12.2. The third kappa shape index (κ3) is 5.12. The predicted molar refractivity (Wildman–Crippen MR) is 132 cm³/mol. The number of ketones is 1. The van der Waals surface area contributed by atoms with E-state index in [9.17, 15) is 4.79 Å². The van der Waals surface area contributed by atoms with Crippen LogP contribution in [0.15, 0.2) is 60.9 Å². The number of aromatic nitrogens is 2. The summed E-state index contributed by atoms with van der Waals surface area (Å²) in [7, 11) is 0. The van der Waals surface area contributed by atoms with Crippen molar-refractivity contribution < 1.29 is 4.79 Å². The first-order chi connectivity index (χ1) is 15.4. The van der Waals surface area contributed by atoms with Gasteiger partial charge in [0.25, 0.3) is 0 Å². The van der Waals surface area contributed by atoms with Gasteiger partial charge in [0, 0.05) is 43.0 Å². The Bertz CT molecular complexity index is 1020. The zero-order valence-corrected chi connectivity index (χ0v) is 19.8. The zero-order chi connectivity index (χ0) is 22.7. The van der Waals surface area contributed by atoms with Crippen molar-refractivity contribution in [3.63, 3.8) is 0 Å². The molecule has 2 aromatic carbocycles. The highest BCUT2D eigenvalue weighted by molar-refractivity contribution is 5.97. The van der Waals surface area contributed by atoms with Crippen molar-refractivity contribution in [2.24, 2.45) is 11.8 Å². The largest absolute Gasteiger partial charge is 0.372 e. The summed E-state index contributed by atoms with van der Waals surface area (Å²) >= 11 is 0. The number of carbonyl (C=O) groups excluding carboxylic acids is 1. The Hall–Kier alpha value is -2.88. The van der Waals surface area contributed by atoms with Crippen molar-refractivity contribution in [3.05, 3.63) is 72.1 Å². The van der Waals surface area contributed by atoms with Gasteiger partial charge in [-0.1, -0.05) is 64.1 Å². The van der Waals surface area contributed by atoms with Crippen LogP contribution in [0.3, 0.4) is 0 Å². The zero-order valence-electron chi connectivity index (χ0n) is 19.8. The smallest absolute Gasteiger partial charge is 0.165 e. The molecule has 168 valence electrons. The van der Waals surface area contributed by atoms with E-state index in [1.165, 1.54) is 29.7 Å². The molecular weight excluding hydrogens is 394 g/mol. The van der Waals surface area contributed by atoms with Crippen LogP contribution in [0.5, 0.6) is 0 Å². The van der Waals surface area contributed by atoms with Crippen LogP contribution in [-0.2, 0) is 6.54 Å². The molecule has 0 amide bonds. The number of rotatable bonds is 7. The number of nitrogens with zero attached hydrogens (tertiary/aromatic N) is 3. The molecule has 0 spiro atoms. The second-order valence-electron chi connectivity index (χ2n) is 9.72. The van der Waals surface area contributed by atoms with Crippen LogP contribution >= 0.6 is 0 Å². The summed E-state index contributed by atoms with van der Waals surface area (Å²) in [6, 6.07) is 16.8. The Kier molecular flexibility index (Phi) is 6.78. The molecule has 0 saturated carbocycles. The lowest BCUT2D eigenvalue weighted by atomic mass is 9.95. The summed E-state index contributed by atoms with van der Waals surface area (Å²) in [5, 5.41) is 4.56. The molecule has 0 aliphatic carbocycles. The van der Waals surface area contributed by atoms with Gasteiger partial charge in [0.15, 0.2) is 5.78 Å².